The van der Waals surface area contributed by atoms with Gasteiger partial charge in [-0.1, -0.05) is 29.8 Å². The van der Waals surface area contributed by atoms with Gasteiger partial charge in [-0.3, -0.25) is 0 Å². The van der Waals surface area contributed by atoms with Gasteiger partial charge in [-0.25, -0.2) is 4.39 Å². The summed E-state index contributed by atoms with van der Waals surface area (Å²) in [7, 11) is 0. The maximum absolute atomic E-state index is 12.8. The van der Waals surface area contributed by atoms with Gasteiger partial charge in [0.05, 0.1) is 0 Å². The van der Waals surface area contributed by atoms with Crippen molar-refractivity contribution >= 4 is 0 Å². The lowest BCUT2D eigenvalue weighted by molar-refractivity contribution is 0.323. The summed E-state index contributed by atoms with van der Waals surface area (Å²) < 4.78 is 12.8. The third-order valence-electron chi connectivity index (χ3n) is 2.08. The van der Waals surface area contributed by atoms with Gasteiger partial charge < -0.3 is 5.73 Å². The highest BCUT2D eigenvalue weighted by Gasteiger charge is 2.03. The van der Waals surface area contributed by atoms with E-state index in [1.807, 2.05) is 25.1 Å². The van der Waals surface area contributed by atoms with Crippen LogP contribution in [-0.2, 0) is 6.42 Å². The summed E-state index contributed by atoms with van der Waals surface area (Å²) >= 11 is 0. The number of rotatable bonds is 4. The third-order valence-corrected chi connectivity index (χ3v) is 2.08. The van der Waals surface area contributed by atoms with Gasteiger partial charge in [0.15, 0.2) is 0 Å². The molecule has 0 aliphatic carbocycles. The summed E-state index contributed by atoms with van der Waals surface area (Å²) in [5, 5.41) is 0. The fraction of sp³-hybridized carbons (Fsp3) is 0.455. The quantitative estimate of drug-likeness (QED) is 0.757. The van der Waals surface area contributed by atoms with E-state index in [2.05, 4.69) is 6.07 Å². The minimum absolute atomic E-state index is 0.131. The topological polar surface area (TPSA) is 26.0 Å². The van der Waals surface area contributed by atoms with Crippen LogP contribution in [0.4, 0.5) is 4.39 Å². The largest absolute Gasteiger partial charge is 0.328 e. The zero-order valence-corrected chi connectivity index (χ0v) is 7.96. The molecule has 1 aromatic carbocycles. The Kier molecular flexibility index (Phi) is 3.90. The molecule has 0 aromatic heterocycles. The van der Waals surface area contributed by atoms with Crippen LogP contribution in [-0.4, -0.2) is 12.7 Å². The van der Waals surface area contributed by atoms with E-state index >= 15 is 0 Å². The standard InChI is InChI=1S/C11H16FN/c1-9-3-2-4-10(7-9)5-6-11(12)8-13/h2-4,7,11H,5-6,8,13H2,1H3. The Labute approximate surface area is 78.8 Å². The average Bonchev–Trinajstić information content (AvgIpc) is 2.14. The maximum Gasteiger partial charge on any atom is 0.113 e. The molecule has 1 rings (SSSR count). The zero-order chi connectivity index (χ0) is 9.68. The molecule has 0 fully saturated rings. The van der Waals surface area contributed by atoms with E-state index in [0.29, 0.717) is 6.42 Å². The molecule has 0 saturated carbocycles. The molecule has 1 atom stereocenters. The van der Waals surface area contributed by atoms with Crippen LogP contribution in [0.5, 0.6) is 0 Å². The van der Waals surface area contributed by atoms with Gasteiger partial charge in [-0.2, -0.15) is 0 Å². The minimum Gasteiger partial charge on any atom is -0.328 e. The highest BCUT2D eigenvalue weighted by Crippen LogP contribution is 2.08. The highest BCUT2D eigenvalue weighted by atomic mass is 19.1. The molecule has 1 unspecified atom stereocenters. The van der Waals surface area contributed by atoms with Crippen LogP contribution in [0.15, 0.2) is 24.3 Å². The Morgan fingerprint density at radius 2 is 2.23 bits per heavy atom. The van der Waals surface area contributed by atoms with Gasteiger partial charge in [0.2, 0.25) is 0 Å². The molecule has 0 aliphatic rings. The third kappa shape index (κ3) is 3.55. The van der Waals surface area contributed by atoms with Crippen LogP contribution < -0.4 is 5.73 Å². The molecule has 0 bridgehead atoms. The molecule has 1 aromatic rings. The van der Waals surface area contributed by atoms with Crippen molar-refractivity contribution in [2.24, 2.45) is 5.73 Å². The van der Waals surface area contributed by atoms with Crippen LogP contribution in [0.2, 0.25) is 0 Å². The maximum atomic E-state index is 12.8. The van der Waals surface area contributed by atoms with Gasteiger partial charge in [0, 0.05) is 6.54 Å². The normalized spacial score (nSPS) is 12.8. The van der Waals surface area contributed by atoms with Crippen LogP contribution in [0.25, 0.3) is 0 Å². The van der Waals surface area contributed by atoms with E-state index in [0.717, 1.165) is 6.42 Å². The number of alkyl halides is 1. The molecule has 0 radical (unpaired) electrons. The predicted octanol–water partition coefficient (Wildman–Crippen LogP) is 2.22. The highest BCUT2D eigenvalue weighted by molar-refractivity contribution is 5.22. The lowest BCUT2D eigenvalue weighted by Crippen LogP contribution is -2.15. The van der Waals surface area contributed by atoms with Crippen molar-refractivity contribution in [3.8, 4) is 0 Å². The van der Waals surface area contributed by atoms with Crippen molar-refractivity contribution in [2.45, 2.75) is 25.9 Å². The Balaban J connectivity index is 2.45. The van der Waals surface area contributed by atoms with Gasteiger partial charge in [0.1, 0.15) is 6.17 Å². The summed E-state index contributed by atoms with van der Waals surface area (Å²) in [5.41, 5.74) is 7.60. The number of benzene rings is 1. The number of hydrogen-bond donors (Lipinski definition) is 1. The SMILES string of the molecule is Cc1cccc(CCC(F)CN)c1. The second-order valence-corrected chi connectivity index (χ2v) is 3.36. The van der Waals surface area contributed by atoms with Gasteiger partial charge in [-0.05, 0) is 25.3 Å². The Hall–Kier alpha value is -0.890. The Morgan fingerprint density at radius 3 is 2.85 bits per heavy atom. The molecule has 0 aliphatic heterocycles. The van der Waals surface area contributed by atoms with Crippen molar-refractivity contribution in [3.63, 3.8) is 0 Å². The first-order chi connectivity index (χ1) is 6.22. The summed E-state index contributed by atoms with van der Waals surface area (Å²) in [6.45, 7) is 2.17. The monoisotopic (exact) mass is 181 g/mol. The predicted molar refractivity (Wildman–Crippen MR) is 53.5 cm³/mol. The lowest BCUT2D eigenvalue weighted by atomic mass is 10.1. The van der Waals surface area contributed by atoms with Crippen LogP contribution >= 0.6 is 0 Å². The first kappa shape index (κ1) is 10.2. The van der Waals surface area contributed by atoms with Crippen molar-refractivity contribution in [3.05, 3.63) is 35.4 Å². The van der Waals surface area contributed by atoms with Crippen LogP contribution in [0.3, 0.4) is 0 Å². The molecule has 0 saturated heterocycles. The molecular weight excluding hydrogens is 165 g/mol. The van der Waals surface area contributed by atoms with E-state index in [-0.39, 0.29) is 6.54 Å². The number of halogens is 1. The molecular formula is C11H16FN. The second kappa shape index (κ2) is 4.97. The fourth-order valence-electron chi connectivity index (χ4n) is 1.31. The number of aryl methyl sites for hydroxylation is 2. The zero-order valence-electron chi connectivity index (χ0n) is 7.96. The molecule has 13 heavy (non-hydrogen) atoms. The summed E-state index contributed by atoms with van der Waals surface area (Å²) in [4.78, 5) is 0. The molecule has 72 valence electrons. The molecule has 0 amide bonds. The summed E-state index contributed by atoms with van der Waals surface area (Å²) in [6.07, 6.45) is 0.445. The number of nitrogens with two attached hydrogens (primary N) is 1. The van der Waals surface area contributed by atoms with Gasteiger partial charge in [-0.15, -0.1) is 0 Å². The van der Waals surface area contributed by atoms with Crippen molar-refractivity contribution in [1.29, 1.82) is 0 Å². The number of hydrogen-bond acceptors (Lipinski definition) is 1. The first-order valence-corrected chi connectivity index (χ1v) is 4.62. The fourth-order valence-corrected chi connectivity index (χ4v) is 1.31. The lowest BCUT2D eigenvalue weighted by Gasteiger charge is -2.05. The second-order valence-electron chi connectivity index (χ2n) is 3.36. The Morgan fingerprint density at radius 1 is 1.46 bits per heavy atom. The summed E-state index contributed by atoms with van der Waals surface area (Å²) in [5.74, 6) is 0. The van der Waals surface area contributed by atoms with Crippen molar-refractivity contribution in [1.82, 2.24) is 0 Å². The van der Waals surface area contributed by atoms with E-state index in [1.165, 1.54) is 11.1 Å². The molecule has 2 heteroatoms. The molecule has 1 nitrogen and oxygen atoms in total. The van der Waals surface area contributed by atoms with E-state index in [9.17, 15) is 4.39 Å². The first-order valence-electron chi connectivity index (χ1n) is 4.62. The van der Waals surface area contributed by atoms with Gasteiger partial charge in [0.25, 0.3) is 0 Å². The minimum atomic E-state index is -0.861. The van der Waals surface area contributed by atoms with Gasteiger partial charge >= 0.3 is 0 Å². The summed E-state index contributed by atoms with van der Waals surface area (Å²) in [6, 6.07) is 8.15. The van der Waals surface area contributed by atoms with Crippen molar-refractivity contribution < 1.29 is 4.39 Å². The van der Waals surface area contributed by atoms with E-state index in [4.69, 9.17) is 5.73 Å². The average molecular weight is 181 g/mol. The smallest absolute Gasteiger partial charge is 0.113 e. The van der Waals surface area contributed by atoms with Crippen molar-refractivity contribution in [2.75, 3.05) is 6.54 Å². The molecule has 0 spiro atoms. The molecule has 0 heterocycles. The van der Waals surface area contributed by atoms with Crippen LogP contribution in [0, 0.1) is 6.92 Å². The molecule has 2 N–H and O–H groups in total. The van der Waals surface area contributed by atoms with E-state index < -0.39 is 6.17 Å². The van der Waals surface area contributed by atoms with E-state index in [1.54, 1.807) is 0 Å². The van der Waals surface area contributed by atoms with Crippen LogP contribution in [0.1, 0.15) is 17.5 Å². The Bertz CT molecular complexity index is 260.